The van der Waals surface area contributed by atoms with Crippen molar-refractivity contribution in [3.8, 4) is 0 Å². The van der Waals surface area contributed by atoms with Crippen molar-refractivity contribution in [3.05, 3.63) is 0 Å². The second-order valence-electron chi connectivity index (χ2n) is 2.47. The molecule has 0 fully saturated rings. The molecule has 1 atom stereocenters. The molecule has 0 unspecified atom stereocenters. The number of alkyl halides is 3. The molecule has 0 saturated carbocycles. The topological polar surface area (TPSA) is 0 Å². The molecule has 0 nitrogen and oxygen atoms in total. The SMILES string of the molecule is CSS[C@H](C(C)C)C(F)(F)F. The molecular formula is C6H11F3S2. The zero-order valence-corrected chi connectivity index (χ0v) is 8.24. The maximum atomic E-state index is 12.1. The first kappa shape index (κ1) is 11.5. The van der Waals surface area contributed by atoms with E-state index in [1.165, 1.54) is 0 Å². The number of halogens is 3. The fourth-order valence-corrected chi connectivity index (χ4v) is 2.80. The standard InChI is InChI=1S/C6H11F3S2/c1-4(2)5(11-10-3)6(7,8)9/h4-5H,1-3H3/t5-/m1/s1. The van der Waals surface area contributed by atoms with Crippen molar-refractivity contribution >= 4 is 21.6 Å². The van der Waals surface area contributed by atoms with E-state index in [-0.39, 0.29) is 5.92 Å². The van der Waals surface area contributed by atoms with E-state index in [0.717, 1.165) is 21.6 Å². The Hall–Kier alpha value is 0.490. The lowest BCUT2D eigenvalue weighted by Crippen LogP contribution is -2.29. The van der Waals surface area contributed by atoms with Crippen LogP contribution in [0.15, 0.2) is 0 Å². The van der Waals surface area contributed by atoms with Crippen LogP contribution in [-0.4, -0.2) is 17.7 Å². The van der Waals surface area contributed by atoms with Crippen molar-refractivity contribution < 1.29 is 13.2 Å². The van der Waals surface area contributed by atoms with E-state index in [0.29, 0.717) is 0 Å². The molecule has 0 heterocycles. The first-order valence-corrected chi connectivity index (χ1v) is 5.78. The summed E-state index contributed by atoms with van der Waals surface area (Å²) in [6.45, 7) is 3.17. The van der Waals surface area contributed by atoms with Gasteiger partial charge in [-0.2, -0.15) is 13.2 Å². The van der Waals surface area contributed by atoms with Gasteiger partial charge in [0.2, 0.25) is 0 Å². The van der Waals surface area contributed by atoms with Gasteiger partial charge in [-0.1, -0.05) is 35.4 Å². The van der Waals surface area contributed by atoms with Crippen LogP contribution in [0, 0.1) is 5.92 Å². The average molecular weight is 204 g/mol. The van der Waals surface area contributed by atoms with Crippen molar-refractivity contribution in [3.63, 3.8) is 0 Å². The van der Waals surface area contributed by atoms with Crippen molar-refractivity contribution in [2.45, 2.75) is 25.3 Å². The predicted molar refractivity (Wildman–Crippen MR) is 45.8 cm³/mol. The van der Waals surface area contributed by atoms with Gasteiger partial charge in [-0.25, -0.2) is 0 Å². The van der Waals surface area contributed by atoms with E-state index in [2.05, 4.69) is 0 Å². The number of hydrogen-bond acceptors (Lipinski definition) is 2. The fraction of sp³-hybridized carbons (Fsp3) is 1.00. The molecule has 0 aliphatic carbocycles. The lowest BCUT2D eigenvalue weighted by atomic mass is 10.1. The molecule has 0 amide bonds. The smallest absolute Gasteiger partial charge is 0.170 e. The summed E-state index contributed by atoms with van der Waals surface area (Å²) < 4.78 is 36.4. The number of rotatable bonds is 3. The van der Waals surface area contributed by atoms with Gasteiger partial charge in [-0.3, -0.25) is 0 Å². The van der Waals surface area contributed by atoms with E-state index in [4.69, 9.17) is 0 Å². The summed E-state index contributed by atoms with van der Waals surface area (Å²) in [5.41, 5.74) is 0. The van der Waals surface area contributed by atoms with Crippen LogP contribution in [0.2, 0.25) is 0 Å². The Bertz CT molecular complexity index is 111. The molecular weight excluding hydrogens is 193 g/mol. The quantitative estimate of drug-likeness (QED) is 0.644. The van der Waals surface area contributed by atoms with E-state index in [1.807, 2.05) is 0 Å². The zero-order valence-electron chi connectivity index (χ0n) is 6.61. The normalized spacial score (nSPS) is 15.5. The van der Waals surface area contributed by atoms with Gasteiger partial charge in [0.1, 0.15) is 5.25 Å². The second kappa shape index (κ2) is 4.50. The molecule has 0 aromatic rings. The molecule has 0 aromatic heterocycles. The molecule has 0 bridgehead atoms. The van der Waals surface area contributed by atoms with E-state index < -0.39 is 11.4 Å². The molecule has 0 radical (unpaired) electrons. The van der Waals surface area contributed by atoms with Crippen LogP contribution in [0.25, 0.3) is 0 Å². The van der Waals surface area contributed by atoms with E-state index >= 15 is 0 Å². The van der Waals surface area contributed by atoms with Crippen LogP contribution >= 0.6 is 21.6 Å². The minimum Gasteiger partial charge on any atom is -0.170 e. The Labute approximate surface area is 72.7 Å². The van der Waals surface area contributed by atoms with Crippen LogP contribution in [0.3, 0.4) is 0 Å². The largest absolute Gasteiger partial charge is 0.401 e. The maximum absolute atomic E-state index is 12.1. The third-order valence-corrected chi connectivity index (χ3v) is 3.54. The molecule has 0 spiro atoms. The summed E-state index contributed by atoms with van der Waals surface area (Å²) in [6.07, 6.45) is -2.41. The van der Waals surface area contributed by atoms with Crippen molar-refractivity contribution in [2.75, 3.05) is 6.26 Å². The summed E-state index contributed by atoms with van der Waals surface area (Å²) in [5.74, 6) is -0.354. The molecule has 0 N–H and O–H groups in total. The van der Waals surface area contributed by atoms with Crippen LogP contribution in [0.5, 0.6) is 0 Å². The van der Waals surface area contributed by atoms with Gasteiger partial charge in [0.05, 0.1) is 0 Å². The molecule has 0 rings (SSSR count). The molecule has 5 heteroatoms. The summed E-state index contributed by atoms with van der Waals surface area (Å²) in [4.78, 5) is 0. The Kier molecular flexibility index (Phi) is 4.70. The van der Waals surface area contributed by atoms with Gasteiger partial charge in [0, 0.05) is 0 Å². The third-order valence-electron chi connectivity index (χ3n) is 1.13. The Balaban J connectivity index is 4.10. The highest BCUT2D eigenvalue weighted by Crippen LogP contribution is 2.40. The first-order valence-electron chi connectivity index (χ1n) is 3.15. The minimum absolute atomic E-state index is 0.354. The van der Waals surface area contributed by atoms with Gasteiger partial charge in [0.15, 0.2) is 0 Å². The van der Waals surface area contributed by atoms with Gasteiger partial charge in [-0.05, 0) is 12.2 Å². The Morgan fingerprint density at radius 1 is 1.18 bits per heavy atom. The number of hydrogen-bond donors (Lipinski definition) is 0. The minimum atomic E-state index is -4.07. The van der Waals surface area contributed by atoms with Crippen LogP contribution in [0.1, 0.15) is 13.8 Å². The summed E-state index contributed by atoms with van der Waals surface area (Å²) >= 11 is 0. The Morgan fingerprint density at radius 3 is 1.73 bits per heavy atom. The summed E-state index contributed by atoms with van der Waals surface area (Å²) in [5, 5.41) is -1.24. The highest BCUT2D eigenvalue weighted by molar-refractivity contribution is 8.76. The summed E-state index contributed by atoms with van der Waals surface area (Å²) in [7, 11) is 2.04. The highest BCUT2D eigenvalue weighted by Gasteiger charge is 2.41. The van der Waals surface area contributed by atoms with Crippen molar-refractivity contribution in [2.24, 2.45) is 5.92 Å². The zero-order chi connectivity index (χ0) is 9.07. The van der Waals surface area contributed by atoms with Gasteiger partial charge < -0.3 is 0 Å². The van der Waals surface area contributed by atoms with Crippen LogP contribution < -0.4 is 0 Å². The second-order valence-corrected chi connectivity index (χ2v) is 5.08. The molecule has 68 valence electrons. The molecule has 0 aliphatic rings. The van der Waals surface area contributed by atoms with Crippen LogP contribution in [-0.2, 0) is 0 Å². The predicted octanol–water partition coefficient (Wildman–Crippen LogP) is 3.58. The van der Waals surface area contributed by atoms with Crippen LogP contribution in [0.4, 0.5) is 13.2 Å². The first-order chi connectivity index (χ1) is 4.89. The lowest BCUT2D eigenvalue weighted by Gasteiger charge is -2.21. The van der Waals surface area contributed by atoms with Crippen molar-refractivity contribution in [1.29, 1.82) is 0 Å². The fourth-order valence-electron chi connectivity index (χ4n) is 0.647. The lowest BCUT2D eigenvalue weighted by molar-refractivity contribution is -0.135. The van der Waals surface area contributed by atoms with E-state index in [9.17, 15) is 13.2 Å². The third kappa shape index (κ3) is 4.15. The molecule has 0 aliphatic heterocycles. The Morgan fingerprint density at radius 2 is 1.64 bits per heavy atom. The summed E-state index contributed by atoms with van der Waals surface area (Å²) in [6, 6.07) is 0. The van der Waals surface area contributed by atoms with Gasteiger partial charge in [0.25, 0.3) is 0 Å². The highest BCUT2D eigenvalue weighted by atomic mass is 33.1. The molecule has 11 heavy (non-hydrogen) atoms. The van der Waals surface area contributed by atoms with E-state index in [1.54, 1.807) is 20.1 Å². The maximum Gasteiger partial charge on any atom is 0.401 e. The van der Waals surface area contributed by atoms with Gasteiger partial charge in [-0.15, -0.1) is 0 Å². The van der Waals surface area contributed by atoms with Crippen molar-refractivity contribution in [1.82, 2.24) is 0 Å². The molecule has 0 aromatic carbocycles. The van der Waals surface area contributed by atoms with Gasteiger partial charge >= 0.3 is 6.18 Å². The average Bonchev–Trinajstić information content (AvgIpc) is 1.79. The molecule has 0 saturated heterocycles. The monoisotopic (exact) mass is 204 g/mol.